The molecule has 2 rings (SSSR count). The summed E-state index contributed by atoms with van der Waals surface area (Å²) in [6, 6.07) is 7.64. The van der Waals surface area contributed by atoms with Gasteiger partial charge in [0.2, 0.25) is 0 Å². The fourth-order valence-corrected chi connectivity index (χ4v) is 3.40. The first kappa shape index (κ1) is 18.6. The molecule has 0 saturated heterocycles. The highest BCUT2D eigenvalue weighted by Crippen LogP contribution is 2.30. The average Bonchev–Trinajstić information content (AvgIpc) is 2.85. The number of urea groups is 1. The summed E-state index contributed by atoms with van der Waals surface area (Å²) in [5, 5.41) is 6.02. The van der Waals surface area contributed by atoms with E-state index in [2.05, 4.69) is 29.6 Å². The summed E-state index contributed by atoms with van der Waals surface area (Å²) in [6.07, 6.45) is 7.40. The molecule has 134 valence electrons. The molecule has 2 amide bonds. The Balaban J connectivity index is 1.82. The lowest BCUT2D eigenvalue weighted by Crippen LogP contribution is -2.53. The van der Waals surface area contributed by atoms with Gasteiger partial charge in [0, 0.05) is 18.6 Å². The van der Waals surface area contributed by atoms with Crippen LogP contribution >= 0.6 is 0 Å². The van der Waals surface area contributed by atoms with E-state index in [1.807, 2.05) is 24.3 Å². The molecule has 0 atom stereocenters. The third-order valence-electron chi connectivity index (χ3n) is 5.17. The quantitative estimate of drug-likeness (QED) is 0.786. The molecule has 2 N–H and O–H groups in total. The summed E-state index contributed by atoms with van der Waals surface area (Å²) in [5.41, 5.74) is 1.15. The molecule has 0 heterocycles. The average molecular weight is 333 g/mol. The Bertz CT molecular complexity index is 506. The van der Waals surface area contributed by atoms with Gasteiger partial charge >= 0.3 is 6.03 Å². The second-order valence-corrected chi connectivity index (χ2v) is 6.92. The first-order valence-corrected chi connectivity index (χ1v) is 8.88. The molecule has 0 unspecified atom stereocenters. The Labute approximate surface area is 145 Å². The van der Waals surface area contributed by atoms with Crippen LogP contribution in [0.2, 0.25) is 0 Å². The molecular weight excluding hydrogens is 302 g/mol. The zero-order valence-corrected chi connectivity index (χ0v) is 15.2. The van der Waals surface area contributed by atoms with Gasteiger partial charge in [0.25, 0.3) is 0 Å². The molecule has 0 spiro atoms. The van der Waals surface area contributed by atoms with Crippen LogP contribution in [0.4, 0.5) is 4.79 Å². The summed E-state index contributed by atoms with van der Waals surface area (Å²) < 4.78 is 5.14. The largest absolute Gasteiger partial charge is 0.497 e. The molecule has 5 heteroatoms. The molecule has 24 heavy (non-hydrogen) atoms. The van der Waals surface area contributed by atoms with Crippen LogP contribution in [-0.4, -0.2) is 44.2 Å². The van der Waals surface area contributed by atoms with Crippen molar-refractivity contribution < 1.29 is 9.53 Å². The van der Waals surface area contributed by atoms with E-state index in [9.17, 15) is 4.79 Å². The first-order chi connectivity index (χ1) is 11.6. The van der Waals surface area contributed by atoms with E-state index in [4.69, 9.17) is 4.74 Å². The summed E-state index contributed by atoms with van der Waals surface area (Å²) in [5.74, 6) is 0.824. The molecule has 5 nitrogen and oxygen atoms in total. The standard InChI is InChI=1S/C19H31N3O2/c1-22(2)19(12-6-4-5-7-13-19)15-21-18(23)20-14-16-8-10-17(24-3)11-9-16/h8-11H,4-7,12-15H2,1-3H3,(H2,20,21,23). The number of nitrogens with zero attached hydrogens (tertiary/aromatic N) is 1. The molecule has 1 aliphatic rings. The topological polar surface area (TPSA) is 53.6 Å². The number of carbonyl (C=O) groups is 1. The van der Waals surface area contributed by atoms with Crippen molar-refractivity contribution >= 4 is 6.03 Å². The van der Waals surface area contributed by atoms with E-state index in [1.165, 1.54) is 25.7 Å². The Hall–Kier alpha value is -1.75. The van der Waals surface area contributed by atoms with Crippen molar-refractivity contribution in [3.8, 4) is 5.75 Å². The minimum absolute atomic E-state index is 0.0912. The van der Waals surface area contributed by atoms with E-state index in [0.717, 1.165) is 24.2 Å². The van der Waals surface area contributed by atoms with Crippen molar-refractivity contribution in [1.29, 1.82) is 0 Å². The third kappa shape index (κ3) is 5.13. The maximum Gasteiger partial charge on any atom is 0.315 e. The smallest absolute Gasteiger partial charge is 0.315 e. The number of carbonyl (C=O) groups excluding carboxylic acids is 1. The Kier molecular flexibility index (Phi) is 6.91. The van der Waals surface area contributed by atoms with Crippen molar-refractivity contribution in [1.82, 2.24) is 15.5 Å². The predicted octanol–water partition coefficient (Wildman–Crippen LogP) is 3.15. The SMILES string of the molecule is COc1ccc(CNC(=O)NCC2(N(C)C)CCCCCC2)cc1. The van der Waals surface area contributed by atoms with Gasteiger partial charge in [-0.3, -0.25) is 0 Å². The lowest BCUT2D eigenvalue weighted by atomic mass is 9.89. The summed E-state index contributed by atoms with van der Waals surface area (Å²) in [4.78, 5) is 14.5. The second-order valence-electron chi connectivity index (χ2n) is 6.92. The number of benzene rings is 1. The van der Waals surface area contributed by atoms with E-state index < -0.39 is 0 Å². The van der Waals surface area contributed by atoms with E-state index in [1.54, 1.807) is 7.11 Å². The molecule has 1 aromatic carbocycles. The Morgan fingerprint density at radius 3 is 2.25 bits per heavy atom. The number of ether oxygens (including phenoxy) is 1. The fourth-order valence-electron chi connectivity index (χ4n) is 3.40. The minimum atomic E-state index is -0.101. The Morgan fingerprint density at radius 2 is 1.71 bits per heavy atom. The molecule has 0 bridgehead atoms. The summed E-state index contributed by atoms with van der Waals surface area (Å²) in [7, 11) is 5.90. The van der Waals surface area contributed by atoms with Crippen LogP contribution in [0.15, 0.2) is 24.3 Å². The van der Waals surface area contributed by atoms with Gasteiger partial charge in [0.05, 0.1) is 7.11 Å². The zero-order valence-electron chi connectivity index (χ0n) is 15.2. The highest BCUT2D eigenvalue weighted by Gasteiger charge is 2.33. The van der Waals surface area contributed by atoms with Crippen molar-refractivity contribution in [3.05, 3.63) is 29.8 Å². The van der Waals surface area contributed by atoms with E-state index >= 15 is 0 Å². The third-order valence-corrected chi connectivity index (χ3v) is 5.17. The molecule has 1 aliphatic carbocycles. The van der Waals surface area contributed by atoms with Crippen LogP contribution in [0.5, 0.6) is 5.75 Å². The number of nitrogens with one attached hydrogen (secondary N) is 2. The minimum Gasteiger partial charge on any atom is -0.497 e. The number of amides is 2. The highest BCUT2D eigenvalue weighted by molar-refractivity contribution is 5.73. The Morgan fingerprint density at radius 1 is 1.08 bits per heavy atom. The predicted molar refractivity (Wildman–Crippen MR) is 97.4 cm³/mol. The van der Waals surface area contributed by atoms with Gasteiger partial charge in [0.1, 0.15) is 5.75 Å². The van der Waals surface area contributed by atoms with Crippen LogP contribution in [0.3, 0.4) is 0 Å². The number of likely N-dealkylation sites (N-methyl/N-ethyl adjacent to an activating group) is 1. The van der Waals surface area contributed by atoms with Crippen molar-refractivity contribution in [3.63, 3.8) is 0 Å². The van der Waals surface area contributed by atoms with Crippen LogP contribution in [-0.2, 0) is 6.54 Å². The number of rotatable bonds is 6. The van der Waals surface area contributed by atoms with Crippen molar-refractivity contribution in [2.75, 3.05) is 27.7 Å². The monoisotopic (exact) mass is 333 g/mol. The second kappa shape index (κ2) is 8.92. The van der Waals surface area contributed by atoms with Gasteiger partial charge in [-0.05, 0) is 44.6 Å². The molecular formula is C19H31N3O2. The maximum atomic E-state index is 12.2. The van der Waals surface area contributed by atoms with Crippen LogP contribution in [0.1, 0.15) is 44.1 Å². The van der Waals surface area contributed by atoms with Crippen molar-refractivity contribution in [2.45, 2.75) is 50.6 Å². The molecule has 0 radical (unpaired) electrons. The van der Waals surface area contributed by atoms with Crippen molar-refractivity contribution in [2.24, 2.45) is 0 Å². The van der Waals surface area contributed by atoms with E-state index in [0.29, 0.717) is 13.1 Å². The highest BCUT2D eigenvalue weighted by atomic mass is 16.5. The normalized spacial score (nSPS) is 17.2. The molecule has 1 aromatic rings. The van der Waals surface area contributed by atoms with Crippen LogP contribution in [0.25, 0.3) is 0 Å². The van der Waals surface area contributed by atoms with Gasteiger partial charge in [-0.2, -0.15) is 0 Å². The van der Waals surface area contributed by atoms with Gasteiger partial charge in [-0.1, -0.05) is 37.8 Å². The van der Waals surface area contributed by atoms with E-state index in [-0.39, 0.29) is 11.6 Å². The lowest BCUT2D eigenvalue weighted by molar-refractivity contribution is 0.128. The van der Waals surface area contributed by atoms with Crippen LogP contribution < -0.4 is 15.4 Å². The zero-order chi connectivity index (χ0) is 17.4. The molecule has 1 fully saturated rings. The number of hydrogen-bond acceptors (Lipinski definition) is 3. The van der Waals surface area contributed by atoms with Gasteiger partial charge < -0.3 is 20.3 Å². The fraction of sp³-hybridized carbons (Fsp3) is 0.632. The molecule has 0 aliphatic heterocycles. The van der Waals surface area contributed by atoms with Gasteiger partial charge in [0.15, 0.2) is 0 Å². The molecule has 0 aromatic heterocycles. The van der Waals surface area contributed by atoms with Gasteiger partial charge in [-0.25, -0.2) is 4.79 Å². The van der Waals surface area contributed by atoms with Gasteiger partial charge in [-0.15, -0.1) is 0 Å². The number of methoxy groups -OCH3 is 1. The van der Waals surface area contributed by atoms with Crippen LogP contribution in [0, 0.1) is 0 Å². The summed E-state index contributed by atoms with van der Waals surface area (Å²) in [6.45, 7) is 1.22. The maximum absolute atomic E-state index is 12.2. The molecule has 1 saturated carbocycles. The first-order valence-electron chi connectivity index (χ1n) is 8.88. The summed E-state index contributed by atoms with van der Waals surface area (Å²) >= 11 is 0. The lowest BCUT2D eigenvalue weighted by Gasteiger charge is -2.39. The number of hydrogen-bond donors (Lipinski definition) is 2.